The summed E-state index contributed by atoms with van der Waals surface area (Å²) in [5.74, 6) is 0. The minimum atomic E-state index is 0.732. The Labute approximate surface area is 345 Å². The first kappa shape index (κ1) is 54.5. The van der Waals surface area contributed by atoms with Gasteiger partial charge >= 0.3 is 0 Å². The molecule has 0 fully saturated rings. The monoisotopic (exact) mass is 751 g/mol. The summed E-state index contributed by atoms with van der Waals surface area (Å²) in [6.07, 6.45) is 45.4. The zero-order chi connectivity index (χ0) is 43.3. The zero-order valence-corrected chi connectivity index (χ0v) is 36.5. The van der Waals surface area contributed by atoms with Crippen LogP contribution in [0.2, 0.25) is 0 Å². The lowest BCUT2D eigenvalue weighted by atomic mass is 10.0. The van der Waals surface area contributed by atoms with Crippen molar-refractivity contribution in [2.24, 2.45) is 0 Å². The number of hydrogen-bond donors (Lipinski definition) is 0. The molecule has 0 bridgehead atoms. The quantitative estimate of drug-likeness (QED) is 0.0907. The Kier molecular flexibility index (Phi) is 35.2. The van der Waals surface area contributed by atoms with Gasteiger partial charge in [-0.3, -0.25) is 0 Å². The predicted molar refractivity (Wildman–Crippen MR) is 260 cm³/mol. The van der Waals surface area contributed by atoms with Crippen LogP contribution in [0.15, 0.2) is 256 Å². The first-order chi connectivity index (χ1) is 26.5. The first-order valence-electron chi connectivity index (χ1n) is 18.9. The van der Waals surface area contributed by atoms with Crippen LogP contribution in [0, 0.1) is 0 Å². The smallest absolute Gasteiger partial charge is 0.0405 e. The highest BCUT2D eigenvalue weighted by Gasteiger charge is 2.04. The van der Waals surface area contributed by atoms with E-state index in [1.165, 1.54) is 0 Å². The summed E-state index contributed by atoms with van der Waals surface area (Å²) in [5.41, 5.74) is 10.5. The largest absolute Gasteiger partial charge is 0.349 e. The summed E-state index contributed by atoms with van der Waals surface area (Å²) >= 11 is 0. The maximum absolute atomic E-state index is 4.24. The van der Waals surface area contributed by atoms with E-state index in [-0.39, 0.29) is 0 Å². The van der Waals surface area contributed by atoms with Gasteiger partial charge in [0.25, 0.3) is 0 Å². The lowest BCUT2D eigenvalue weighted by Gasteiger charge is -2.21. The SMILES string of the molecule is C=C(/C=C\C=C\N(C/C=C\C=C/C)C(=C)C)/C(C)=C/C=C\C.C=C(C)C(=C)C.C=C/C=C\C=C\N(C/C=C\C=C(/C)C(=C)/C=C\C=C)C(=C)CCC(=C)C(=C)C. The topological polar surface area (TPSA) is 6.48 Å². The lowest BCUT2D eigenvalue weighted by molar-refractivity contribution is 0.494. The molecular formula is C54H74N2. The molecule has 0 rings (SSSR count). The van der Waals surface area contributed by atoms with E-state index in [1.807, 2.05) is 146 Å². The third-order valence-corrected chi connectivity index (χ3v) is 7.75. The Morgan fingerprint density at radius 3 is 1.45 bits per heavy atom. The summed E-state index contributed by atoms with van der Waals surface area (Å²) in [4.78, 5) is 4.22. The molecule has 0 saturated heterocycles. The van der Waals surface area contributed by atoms with Gasteiger partial charge in [-0.1, -0.05) is 197 Å². The molecule has 0 aromatic rings. The number of nitrogens with zero attached hydrogens (tertiary/aromatic N) is 2. The average Bonchev–Trinajstić information content (AvgIpc) is 3.16. The molecule has 56 heavy (non-hydrogen) atoms. The number of hydrogen-bond acceptors (Lipinski definition) is 2. The second kappa shape index (κ2) is 36.1. The molecule has 300 valence electrons. The Hall–Kier alpha value is -5.86. The molecule has 0 radical (unpaired) electrons. The molecule has 0 aromatic heterocycles. The van der Waals surface area contributed by atoms with Crippen molar-refractivity contribution in [2.75, 3.05) is 13.1 Å². The lowest BCUT2D eigenvalue weighted by Crippen LogP contribution is -2.16. The molecule has 0 spiro atoms. The number of rotatable bonds is 24. The maximum Gasteiger partial charge on any atom is 0.0405 e. The fourth-order valence-electron chi connectivity index (χ4n) is 3.57. The van der Waals surface area contributed by atoms with E-state index in [0.29, 0.717) is 0 Å². The normalized spacial score (nSPS) is 12.1. The maximum atomic E-state index is 4.24. The van der Waals surface area contributed by atoms with Crippen molar-refractivity contribution in [1.29, 1.82) is 0 Å². The van der Waals surface area contributed by atoms with Crippen LogP contribution in [0.4, 0.5) is 0 Å². The minimum absolute atomic E-state index is 0.732. The summed E-state index contributed by atoms with van der Waals surface area (Å²) in [7, 11) is 0. The van der Waals surface area contributed by atoms with Crippen LogP contribution >= 0.6 is 0 Å². The van der Waals surface area contributed by atoms with Crippen LogP contribution in [0.1, 0.15) is 68.2 Å². The van der Waals surface area contributed by atoms with Crippen LogP contribution in [0.3, 0.4) is 0 Å². The molecular weight excluding hydrogens is 677 g/mol. The van der Waals surface area contributed by atoms with Crippen LogP contribution in [-0.2, 0) is 0 Å². The highest BCUT2D eigenvalue weighted by atomic mass is 15.1. The highest BCUT2D eigenvalue weighted by Crippen LogP contribution is 2.18. The molecule has 0 heterocycles. The molecule has 0 aromatic carbocycles. The second-order valence-corrected chi connectivity index (χ2v) is 13.0. The first-order valence-corrected chi connectivity index (χ1v) is 18.9. The van der Waals surface area contributed by atoms with Crippen molar-refractivity contribution < 1.29 is 0 Å². The summed E-state index contributed by atoms with van der Waals surface area (Å²) in [5, 5.41) is 0. The highest BCUT2D eigenvalue weighted by molar-refractivity contribution is 5.39. The van der Waals surface area contributed by atoms with Gasteiger partial charge in [0, 0.05) is 36.9 Å². The predicted octanol–water partition coefficient (Wildman–Crippen LogP) is 16.0. The van der Waals surface area contributed by atoms with Crippen molar-refractivity contribution in [3.8, 4) is 0 Å². The van der Waals surface area contributed by atoms with Crippen molar-refractivity contribution in [1.82, 2.24) is 9.80 Å². The van der Waals surface area contributed by atoms with Gasteiger partial charge in [-0.15, -0.1) is 0 Å². The van der Waals surface area contributed by atoms with Gasteiger partial charge in [0.1, 0.15) is 0 Å². The summed E-state index contributed by atoms with van der Waals surface area (Å²) in [6.45, 7) is 56.5. The van der Waals surface area contributed by atoms with E-state index in [0.717, 1.165) is 81.9 Å². The molecule has 0 N–H and O–H groups in total. The molecule has 0 aliphatic heterocycles. The molecule has 2 heteroatoms. The number of allylic oxidation sites excluding steroid dienone is 28. The Bertz CT molecular complexity index is 1660. The van der Waals surface area contributed by atoms with Crippen molar-refractivity contribution in [2.45, 2.75) is 68.2 Å². The molecule has 0 unspecified atom stereocenters. The van der Waals surface area contributed by atoms with E-state index >= 15 is 0 Å². The molecule has 2 nitrogen and oxygen atoms in total. The molecule has 0 aliphatic rings. The fraction of sp³-hybridized carbons (Fsp3) is 0.222. The Morgan fingerprint density at radius 1 is 0.464 bits per heavy atom. The van der Waals surface area contributed by atoms with Gasteiger partial charge in [-0.05, 0) is 103 Å². The second-order valence-electron chi connectivity index (χ2n) is 13.0. The average molecular weight is 751 g/mol. The molecule has 0 saturated carbocycles. The zero-order valence-electron chi connectivity index (χ0n) is 36.5. The summed E-state index contributed by atoms with van der Waals surface area (Å²) < 4.78 is 0. The van der Waals surface area contributed by atoms with Crippen molar-refractivity contribution in [3.63, 3.8) is 0 Å². The standard InChI is InChI=1S/C27H35N.C21H29N.C6H10/c1-9-11-13-15-21-28(27(8)20-19-24(5)23(3)4)22-16-14-18-26(7)25(6)17-12-10-2;1-7-9-11-13-17-22(19(3)4)18-14-12-16-21(6)20(5)15-10-8-2;1-5(2)6(3)4/h9-18,21H,1-3,5-6,8,19-20,22H2,4,7H3;7-16,18H,3,6,17H2,1-2,4-5H3;1,3H2,2,4H3/b13-11-,16-14-,17-12-,21-15+,26-18+;9-7-,10-8-,13-11-,16-12-,18-14+,20-15+;. The third kappa shape index (κ3) is 32.8. The van der Waals surface area contributed by atoms with Gasteiger partial charge in [-0.25, -0.2) is 0 Å². The Morgan fingerprint density at radius 2 is 0.946 bits per heavy atom. The van der Waals surface area contributed by atoms with E-state index in [2.05, 4.69) is 107 Å². The third-order valence-electron chi connectivity index (χ3n) is 7.75. The van der Waals surface area contributed by atoms with Crippen molar-refractivity contribution >= 4 is 0 Å². The van der Waals surface area contributed by atoms with Gasteiger partial charge in [0.2, 0.25) is 0 Å². The van der Waals surface area contributed by atoms with E-state index < -0.39 is 0 Å². The fourth-order valence-corrected chi connectivity index (χ4v) is 3.57. The van der Waals surface area contributed by atoms with Gasteiger partial charge in [-0.2, -0.15) is 0 Å². The van der Waals surface area contributed by atoms with Crippen LogP contribution in [-0.4, -0.2) is 22.9 Å². The van der Waals surface area contributed by atoms with E-state index in [4.69, 9.17) is 0 Å². The minimum Gasteiger partial charge on any atom is -0.349 e. The van der Waals surface area contributed by atoms with Crippen LogP contribution < -0.4 is 0 Å². The van der Waals surface area contributed by atoms with Crippen LogP contribution in [0.25, 0.3) is 0 Å². The summed E-state index contributed by atoms with van der Waals surface area (Å²) in [6, 6.07) is 0. The van der Waals surface area contributed by atoms with Crippen LogP contribution in [0.5, 0.6) is 0 Å². The Balaban J connectivity index is -0.000000891. The molecule has 0 amide bonds. The molecule has 0 atom stereocenters. The molecule has 0 aliphatic carbocycles. The van der Waals surface area contributed by atoms with Crippen molar-refractivity contribution in [3.05, 3.63) is 256 Å². The van der Waals surface area contributed by atoms with E-state index in [9.17, 15) is 0 Å². The van der Waals surface area contributed by atoms with Gasteiger partial charge < -0.3 is 9.80 Å². The van der Waals surface area contributed by atoms with Gasteiger partial charge in [0.05, 0.1) is 0 Å². The van der Waals surface area contributed by atoms with E-state index in [1.54, 1.807) is 12.2 Å². The van der Waals surface area contributed by atoms with Gasteiger partial charge in [0.15, 0.2) is 0 Å².